The van der Waals surface area contributed by atoms with Gasteiger partial charge in [-0.2, -0.15) is 0 Å². The molecule has 1 N–H and O–H groups in total. The minimum atomic E-state index is -0.764. The smallest absolute Gasteiger partial charge is 0.127 e. The summed E-state index contributed by atoms with van der Waals surface area (Å²) in [5.41, 5.74) is 0.278. The monoisotopic (exact) mass is 158 g/mol. The molecule has 1 rings (SSSR count). The number of aromatic hydroxyl groups is 1. The highest BCUT2D eigenvalue weighted by Gasteiger charge is 2.04. The second-order valence-corrected chi connectivity index (χ2v) is 2.19. The van der Waals surface area contributed by atoms with Crippen molar-refractivity contribution in [1.82, 2.24) is 0 Å². The third kappa shape index (κ3) is 1.48. The number of phenols is 1. The van der Waals surface area contributed by atoms with E-state index in [2.05, 4.69) is 0 Å². The van der Waals surface area contributed by atoms with Crippen LogP contribution in [0.3, 0.4) is 0 Å². The summed E-state index contributed by atoms with van der Waals surface area (Å²) in [6.07, 6.45) is 0. The molecule has 1 nitrogen and oxygen atoms in total. The van der Waals surface area contributed by atoms with Crippen LogP contribution < -0.4 is 0 Å². The van der Waals surface area contributed by atoms with E-state index in [1.54, 1.807) is 0 Å². The standard InChI is InChI=1S/C8H8F2O/c9-4-6-2-1-3-7(5-10)8(6)11/h1-3,11H,4-5H2. The van der Waals surface area contributed by atoms with Crippen LogP contribution in [0.5, 0.6) is 5.75 Å². The van der Waals surface area contributed by atoms with Crippen molar-refractivity contribution >= 4 is 0 Å². The van der Waals surface area contributed by atoms with Crippen molar-refractivity contribution in [3.63, 3.8) is 0 Å². The molecule has 0 aliphatic rings. The van der Waals surface area contributed by atoms with Crippen LogP contribution in [-0.2, 0) is 13.3 Å². The molecule has 60 valence electrons. The van der Waals surface area contributed by atoms with E-state index in [1.165, 1.54) is 18.2 Å². The van der Waals surface area contributed by atoms with Gasteiger partial charge in [0.05, 0.1) is 0 Å². The first kappa shape index (κ1) is 7.98. The van der Waals surface area contributed by atoms with Gasteiger partial charge in [0.1, 0.15) is 19.1 Å². The van der Waals surface area contributed by atoms with Gasteiger partial charge in [0.25, 0.3) is 0 Å². The molecule has 1 aromatic rings. The molecule has 0 fully saturated rings. The fourth-order valence-electron chi connectivity index (χ4n) is 0.860. The van der Waals surface area contributed by atoms with Gasteiger partial charge in [0, 0.05) is 11.1 Å². The van der Waals surface area contributed by atoms with E-state index in [0.717, 1.165) is 0 Å². The van der Waals surface area contributed by atoms with Crippen LogP contribution in [-0.4, -0.2) is 5.11 Å². The lowest BCUT2D eigenvalue weighted by Crippen LogP contribution is -1.85. The maximum absolute atomic E-state index is 12.0. The molecule has 11 heavy (non-hydrogen) atoms. The molecule has 0 saturated carbocycles. The zero-order valence-corrected chi connectivity index (χ0v) is 5.85. The first-order valence-electron chi connectivity index (χ1n) is 3.21. The van der Waals surface area contributed by atoms with E-state index in [1.807, 2.05) is 0 Å². The van der Waals surface area contributed by atoms with Crippen LogP contribution in [0.25, 0.3) is 0 Å². The van der Waals surface area contributed by atoms with Crippen LogP contribution >= 0.6 is 0 Å². The van der Waals surface area contributed by atoms with Crippen molar-refractivity contribution in [3.05, 3.63) is 29.3 Å². The molecule has 0 unspecified atom stereocenters. The Morgan fingerprint density at radius 1 is 1.09 bits per heavy atom. The fourth-order valence-corrected chi connectivity index (χ4v) is 0.860. The van der Waals surface area contributed by atoms with Gasteiger partial charge >= 0.3 is 0 Å². The Labute approximate surface area is 63.3 Å². The van der Waals surface area contributed by atoms with Gasteiger partial charge in [-0.3, -0.25) is 0 Å². The number of alkyl halides is 2. The molecule has 0 aromatic heterocycles. The van der Waals surface area contributed by atoms with Crippen LogP contribution in [0, 0.1) is 0 Å². The predicted octanol–water partition coefficient (Wildman–Crippen LogP) is 2.33. The number of hydrogen-bond acceptors (Lipinski definition) is 1. The highest BCUT2D eigenvalue weighted by Crippen LogP contribution is 2.23. The van der Waals surface area contributed by atoms with Crippen LogP contribution in [0.2, 0.25) is 0 Å². The van der Waals surface area contributed by atoms with Gasteiger partial charge < -0.3 is 5.11 Å². The van der Waals surface area contributed by atoms with E-state index in [4.69, 9.17) is 5.11 Å². The Morgan fingerprint density at radius 3 is 1.91 bits per heavy atom. The third-order valence-corrected chi connectivity index (χ3v) is 1.49. The van der Waals surface area contributed by atoms with Crippen LogP contribution in [0.1, 0.15) is 11.1 Å². The van der Waals surface area contributed by atoms with E-state index in [-0.39, 0.29) is 16.9 Å². The summed E-state index contributed by atoms with van der Waals surface area (Å²) in [7, 11) is 0. The largest absolute Gasteiger partial charge is 0.507 e. The number of phenolic OH excluding ortho intramolecular Hbond substituents is 1. The number of para-hydroxylation sites is 1. The minimum absolute atomic E-state index is 0.139. The van der Waals surface area contributed by atoms with Gasteiger partial charge in [-0.1, -0.05) is 18.2 Å². The summed E-state index contributed by atoms with van der Waals surface area (Å²) in [4.78, 5) is 0. The highest BCUT2D eigenvalue weighted by atomic mass is 19.1. The van der Waals surface area contributed by atoms with Crippen molar-refractivity contribution in [2.75, 3.05) is 0 Å². The van der Waals surface area contributed by atoms with E-state index >= 15 is 0 Å². The number of hydrogen-bond donors (Lipinski definition) is 1. The van der Waals surface area contributed by atoms with Gasteiger partial charge in [-0.05, 0) is 0 Å². The highest BCUT2D eigenvalue weighted by molar-refractivity contribution is 5.39. The van der Waals surface area contributed by atoms with Crippen LogP contribution in [0.15, 0.2) is 18.2 Å². The van der Waals surface area contributed by atoms with E-state index in [0.29, 0.717) is 0 Å². The van der Waals surface area contributed by atoms with Crippen LogP contribution in [0.4, 0.5) is 8.78 Å². The lowest BCUT2D eigenvalue weighted by Gasteiger charge is -2.02. The average molecular weight is 158 g/mol. The molecular weight excluding hydrogens is 150 g/mol. The van der Waals surface area contributed by atoms with Gasteiger partial charge in [-0.25, -0.2) is 8.78 Å². The van der Waals surface area contributed by atoms with Crippen molar-refractivity contribution < 1.29 is 13.9 Å². The van der Waals surface area contributed by atoms with Crippen molar-refractivity contribution in [2.24, 2.45) is 0 Å². The third-order valence-electron chi connectivity index (χ3n) is 1.49. The quantitative estimate of drug-likeness (QED) is 0.700. The molecule has 0 saturated heterocycles. The lowest BCUT2D eigenvalue weighted by molar-refractivity contribution is 0.410. The number of rotatable bonds is 2. The van der Waals surface area contributed by atoms with E-state index < -0.39 is 13.3 Å². The predicted molar refractivity (Wildman–Crippen MR) is 37.7 cm³/mol. The zero-order chi connectivity index (χ0) is 8.27. The summed E-state index contributed by atoms with van der Waals surface area (Å²) in [6.45, 7) is -1.53. The minimum Gasteiger partial charge on any atom is -0.507 e. The van der Waals surface area contributed by atoms with Crippen molar-refractivity contribution in [2.45, 2.75) is 13.3 Å². The first-order chi connectivity index (χ1) is 5.29. The van der Waals surface area contributed by atoms with Gasteiger partial charge in [0.15, 0.2) is 0 Å². The molecule has 0 atom stereocenters. The Kier molecular flexibility index (Phi) is 2.41. The van der Waals surface area contributed by atoms with Crippen molar-refractivity contribution in [1.29, 1.82) is 0 Å². The van der Waals surface area contributed by atoms with Crippen molar-refractivity contribution in [3.8, 4) is 5.75 Å². The molecule has 0 aliphatic heterocycles. The molecule has 3 heteroatoms. The summed E-state index contributed by atoms with van der Waals surface area (Å²) in [6, 6.07) is 4.37. The Hall–Kier alpha value is -1.12. The van der Waals surface area contributed by atoms with Gasteiger partial charge in [-0.15, -0.1) is 0 Å². The molecule has 0 spiro atoms. The fraction of sp³-hybridized carbons (Fsp3) is 0.250. The summed E-state index contributed by atoms with van der Waals surface area (Å²) in [5, 5.41) is 9.11. The summed E-state index contributed by atoms with van der Waals surface area (Å²) in [5.74, 6) is -0.266. The average Bonchev–Trinajstić information content (AvgIpc) is 2.05. The molecular formula is C8H8F2O. The number of halogens is 2. The number of benzene rings is 1. The first-order valence-corrected chi connectivity index (χ1v) is 3.21. The maximum Gasteiger partial charge on any atom is 0.127 e. The molecule has 0 amide bonds. The Bertz CT molecular complexity index is 226. The maximum atomic E-state index is 12.0. The molecule has 0 aliphatic carbocycles. The summed E-state index contributed by atoms with van der Waals surface area (Å²) >= 11 is 0. The van der Waals surface area contributed by atoms with E-state index in [9.17, 15) is 8.78 Å². The molecule has 1 aromatic carbocycles. The SMILES string of the molecule is Oc1c(CF)cccc1CF. The normalized spacial score (nSPS) is 10.0. The molecule has 0 heterocycles. The van der Waals surface area contributed by atoms with Gasteiger partial charge in [0.2, 0.25) is 0 Å². The zero-order valence-electron chi connectivity index (χ0n) is 5.85. The lowest BCUT2D eigenvalue weighted by atomic mass is 10.1. The Balaban J connectivity index is 3.10. The molecule has 0 radical (unpaired) electrons. The Morgan fingerprint density at radius 2 is 1.55 bits per heavy atom. The topological polar surface area (TPSA) is 20.2 Å². The summed E-state index contributed by atoms with van der Waals surface area (Å²) < 4.78 is 24.0. The molecule has 0 bridgehead atoms. The second kappa shape index (κ2) is 3.32. The second-order valence-electron chi connectivity index (χ2n) is 2.19.